The summed E-state index contributed by atoms with van der Waals surface area (Å²) in [5.41, 5.74) is 0.399. The van der Waals surface area contributed by atoms with E-state index in [1.54, 1.807) is 90.1 Å². The third-order valence-electron chi connectivity index (χ3n) is 8.34. The average molecular weight is 653 g/mol. The van der Waals surface area contributed by atoms with Gasteiger partial charge < -0.3 is 39.2 Å². The van der Waals surface area contributed by atoms with Gasteiger partial charge in [-0.05, 0) is 66.7 Å². The Balaban J connectivity index is 1.28. The Morgan fingerprint density at radius 1 is 0.833 bits per heavy atom. The molecule has 4 aromatic rings. The summed E-state index contributed by atoms with van der Waals surface area (Å²) >= 11 is 0. The number of amides is 3. The number of benzene rings is 3. The van der Waals surface area contributed by atoms with Crippen molar-refractivity contribution < 1.29 is 38.1 Å². The van der Waals surface area contributed by atoms with Gasteiger partial charge in [-0.1, -0.05) is 0 Å². The van der Waals surface area contributed by atoms with Crippen LogP contribution in [0.15, 0.2) is 85.2 Å². The zero-order chi connectivity index (χ0) is 33.5. The van der Waals surface area contributed by atoms with Gasteiger partial charge in [-0.3, -0.25) is 19.4 Å². The number of piperidine rings is 1. The van der Waals surface area contributed by atoms with Gasteiger partial charge in [-0.15, -0.1) is 0 Å². The monoisotopic (exact) mass is 652 g/mol. The molecule has 3 amide bonds. The number of likely N-dealkylation sites (tertiary alicyclic amines) is 1. The Kier molecular flexibility index (Phi) is 9.60. The maximum atomic E-state index is 14.0. The fourth-order valence-corrected chi connectivity index (χ4v) is 5.68. The zero-order valence-electron chi connectivity index (χ0n) is 26.7. The molecule has 6 heterocycles. The van der Waals surface area contributed by atoms with E-state index in [-0.39, 0.29) is 50.3 Å². The third kappa shape index (κ3) is 7.12. The molecule has 0 radical (unpaired) electrons. The van der Waals surface area contributed by atoms with E-state index in [9.17, 15) is 14.4 Å². The van der Waals surface area contributed by atoms with Crippen LogP contribution < -0.4 is 34.3 Å². The van der Waals surface area contributed by atoms with Gasteiger partial charge in [0.2, 0.25) is 0 Å². The van der Waals surface area contributed by atoms with Crippen LogP contribution in [0.4, 0.5) is 0 Å². The predicted octanol–water partition coefficient (Wildman–Crippen LogP) is 4.38. The molecule has 248 valence electrons. The molecule has 1 aromatic heterocycles. The summed E-state index contributed by atoms with van der Waals surface area (Å²) in [6, 6.07) is 20.5. The van der Waals surface area contributed by atoms with Gasteiger partial charge in [-0.25, -0.2) is 0 Å². The number of rotatable bonds is 3. The van der Waals surface area contributed by atoms with Gasteiger partial charge >= 0.3 is 0 Å². The number of pyridine rings is 1. The molecule has 0 saturated carbocycles. The molecular weight excluding hydrogens is 616 g/mol. The number of nitrogens with zero attached hydrogens (tertiary/aromatic N) is 2. The molecule has 0 aliphatic carbocycles. The summed E-state index contributed by atoms with van der Waals surface area (Å²) < 4.78 is 29.5. The zero-order valence-corrected chi connectivity index (χ0v) is 26.7. The highest BCUT2D eigenvalue weighted by Crippen LogP contribution is 2.36. The van der Waals surface area contributed by atoms with Crippen LogP contribution in [-0.2, 0) is 11.3 Å². The molecule has 12 nitrogen and oxygen atoms in total. The van der Waals surface area contributed by atoms with Crippen molar-refractivity contribution in [3.8, 4) is 34.5 Å². The fourth-order valence-electron chi connectivity index (χ4n) is 5.68. The number of aromatic nitrogens is 1. The molecule has 1 spiro atoms. The van der Waals surface area contributed by atoms with Crippen molar-refractivity contribution in [1.82, 2.24) is 20.5 Å². The highest BCUT2D eigenvalue weighted by Gasteiger charge is 2.45. The maximum Gasteiger partial charge on any atom is 0.264 e. The van der Waals surface area contributed by atoms with E-state index >= 15 is 0 Å². The van der Waals surface area contributed by atoms with Crippen LogP contribution in [0, 0.1) is 0 Å². The Hall–Kier alpha value is -5.78. The molecule has 3 aromatic carbocycles. The summed E-state index contributed by atoms with van der Waals surface area (Å²) in [6.07, 6.45) is 3.71. The van der Waals surface area contributed by atoms with Crippen molar-refractivity contribution in [2.24, 2.45) is 0 Å². The second-order valence-electron chi connectivity index (χ2n) is 11.3. The first-order valence-electron chi connectivity index (χ1n) is 15.6. The quantitative estimate of drug-likeness (QED) is 0.330. The van der Waals surface area contributed by atoms with E-state index in [1.165, 1.54) is 14.2 Å². The molecule has 0 unspecified atom stereocenters. The summed E-state index contributed by atoms with van der Waals surface area (Å²) in [5.74, 6) is 2.07. The lowest BCUT2D eigenvalue weighted by Crippen LogP contribution is -2.58. The minimum Gasteiger partial charge on any atom is -0.496 e. The van der Waals surface area contributed by atoms with Crippen LogP contribution in [-0.4, -0.2) is 73.7 Å². The molecule has 1 saturated heterocycles. The number of hydrogen-bond donors (Lipinski definition) is 2. The van der Waals surface area contributed by atoms with Gasteiger partial charge in [0.25, 0.3) is 17.7 Å². The van der Waals surface area contributed by atoms with Crippen LogP contribution in [0.25, 0.3) is 0 Å². The topological polar surface area (TPSA) is 138 Å². The lowest BCUT2D eigenvalue weighted by molar-refractivity contribution is -0.141. The Morgan fingerprint density at radius 3 is 2.27 bits per heavy atom. The Morgan fingerprint density at radius 2 is 1.54 bits per heavy atom. The number of carbonyl (C=O) groups excluding carboxylic acids is 3. The van der Waals surface area contributed by atoms with Crippen molar-refractivity contribution in [2.45, 2.75) is 25.0 Å². The molecule has 48 heavy (non-hydrogen) atoms. The minimum atomic E-state index is -1.24. The van der Waals surface area contributed by atoms with Gasteiger partial charge in [0.1, 0.15) is 29.6 Å². The Labute approximate surface area is 277 Å². The average Bonchev–Trinajstić information content (AvgIpc) is 3.13. The molecule has 1 fully saturated rings. The van der Waals surface area contributed by atoms with Gasteiger partial charge in [0.15, 0.2) is 17.1 Å². The largest absolute Gasteiger partial charge is 0.496 e. The lowest BCUT2D eigenvalue weighted by atomic mass is 9.89. The molecule has 2 N–H and O–H groups in total. The second kappa shape index (κ2) is 14.3. The normalized spacial score (nSPS) is 16.2. The standard InChI is InChI=1S/C36H36N4O8/c1-44-30-10-4-25-21-32(30)47-29-5-3-26(31(22-29)45-2)23-39-35(43)36(13-18-40(19-14-36)34(42)24-11-15-37-16-12-24)48-28-8-6-27(7-9-28)46-20-17-38-33(25)41/h3-12,15-16,21-22H,13-14,17-20,23H2,1-2H3,(H,38,41)(H,39,43). The first-order chi connectivity index (χ1) is 23.4. The molecule has 5 aliphatic rings. The van der Waals surface area contributed by atoms with E-state index in [0.717, 1.165) is 0 Å². The predicted molar refractivity (Wildman–Crippen MR) is 175 cm³/mol. The van der Waals surface area contributed by atoms with Crippen LogP contribution in [0.3, 0.4) is 0 Å². The fraction of sp³-hybridized carbons (Fsp3) is 0.278. The van der Waals surface area contributed by atoms with E-state index < -0.39 is 5.60 Å². The van der Waals surface area contributed by atoms with Gasteiger partial charge in [-0.2, -0.15) is 0 Å². The van der Waals surface area contributed by atoms with Crippen LogP contribution in [0.5, 0.6) is 34.5 Å². The van der Waals surface area contributed by atoms with E-state index in [1.807, 2.05) is 0 Å². The highest BCUT2D eigenvalue weighted by molar-refractivity contribution is 5.95. The molecular formula is C36H36N4O8. The van der Waals surface area contributed by atoms with Crippen LogP contribution in [0.2, 0.25) is 0 Å². The summed E-state index contributed by atoms with van der Waals surface area (Å²) in [5, 5.41) is 5.90. The van der Waals surface area contributed by atoms with E-state index in [4.69, 9.17) is 23.7 Å². The first kappa shape index (κ1) is 32.2. The van der Waals surface area contributed by atoms with E-state index in [2.05, 4.69) is 15.6 Å². The minimum absolute atomic E-state index is 0.125. The number of hydrogen-bond acceptors (Lipinski definition) is 9. The smallest absolute Gasteiger partial charge is 0.264 e. The number of nitrogens with one attached hydrogen (secondary N) is 2. The molecule has 5 aliphatic heterocycles. The number of carbonyl (C=O) groups is 3. The van der Waals surface area contributed by atoms with Crippen LogP contribution >= 0.6 is 0 Å². The van der Waals surface area contributed by atoms with Gasteiger partial charge in [0.05, 0.1) is 20.8 Å². The third-order valence-corrected chi connectivity index (χ3v) is 8.34. The number of methoxy groups -OCH3 is 2. The summed E-state index contributed by atoms with van der Waals surface area (Å²) in [6.45, 7) is 1.28. The molecule has 0 atom stereocenters. The summed E-state index contributed by atoms with van der Waals surface area (Å²) in [7, 11) is 3.06. The summed E-state index contributed by atoms with van der Waals surface area (Å²) in [4.78, 5) is 45.8. The lowest BCUT2D eigenvalue weighted by Gasteiger charge is -2.40. The SMILES string of the molecule is COc1cc2ccc1CNC(=O)C1(CCN(C(=O)c3ccncc3)CC1)Oc1ccc(cc1)OCCNC(=O)c1ccc(OC)c(c1)O2. The highest BCUT2D eigenvalue weighted by atomic mass is 16.5. The first-order valence-corrected chi connectivity index (χ1v) is 15.6. The Bertz CT molecular complexity index is 1770. The second-order valence-corrected chi connectivity index (χ2v) is 11.3. The van der Waals surface area contributed by atoms with Crippen molar-refractivity contribution in [1.29, 1.82) is 0 Å². The van der Waals surface area contributed by atoms with Crippen LogP contribution in [0.1, 0.15) is 39.1 Å². The molecule has 12 heteroatoms. The van der Waals surface area contributed by atoms with Crippen molar-refractivity contribution >= 4 is 17.7 Å². The molecule has 9 rings (SSSR count). The number of ether oxygens (including phenoxy) is 5. The van der Waals surface area contributed by atoms with Crippen molar-refractivity contribution in [3.05, 3.63) is 102 Å². The van der Waals surface area contributed by atoms with Crippen molar-refractivity contribution in [2.75, 3.05) is 40.5 Å². The van der Waals surface area contributed by atoms with E-state index in [0.29, 0.717) is 64.3 Å². The molecule has 6 bridgehead atoms. The maximum absolute atomic E-state index is 14.0. The van der Waals surface area contributed by atoms with Gasteiger partial charge in [0, 0.05) is 67.6 Å². The van der Waals surface area contributed by atoms with Crippen molar-refractivity contribution in [3.63, 3.8) is 0 Å².